The van der Waals surface area contributed by atoms with E-state index >= 15 is 0 Å². The number of hydrogen-bond acceptors (Lipinski definition) is 3. The van der Waals surface area contributed by atoms with Crippen LogP contribution in [0.2, 0.25) is 5.02 Å². The van der Waals surface area contributed by atoms with Crippen molar-refractivity contribution >= 4 is 27.6 Å². The van der Waals surface area contributed by atoms with E-state index in [1.807, 2.05) is 0 Å². The number of carbonyl (C=O) groups is 1. The smallest absolute Gasteiger partial charge is 0.310 e. The Hall–Kier alpha value is -1.11. The van der Waals surface area contributed by atoms with Crippen molar-refractivity contribution in [3.63, 3.8) is 0 Å². The number of sulfonamides is 1. The Morgan fingerprint density at radius 3 is 2.47 bits per heavy atom. The van der Waals surface area contributed by atoms with E-state index in [0.717, 1.165) is 5.56 Å². The minimum absolute atomic E-state index is 0.0547. The Bertz CT molecular complexity index is 596. The predicted molar refractivity (Wildman–Crippen MR) is 72.8 cm³/mol. The zero-order valence-electron chi connectivity index (χ0n) is 10.9. The quantitative estimate of drug-likeness (QED) is 0.872. The maximum Gasteiger partial charge on any atom is 0.310 e. The molecule has 0 spiro atoms. The molecule has 0 saturated carbocycles. The number of aryl methyl sites for hydroxylation is 1. The molecule has 19 heavy (non-hydrogen) atoms. The minimum atomic E-state index is -3.82. The van der Waals surface area contributed by atoms with Crippen molar-refractivity contribution in [1.82, 2.24) is 4.72 Å². The molecule has 0 saturated heterocycles. The molecular formula is C12H16ClNO4S. The van der Waals surface area contributed by atoms with Crippen LogP contribution in [0.3, 0.4) is 0 Å². The summed E-state index contributed by atoms with van der Waals surface area (Å²) in [4.78, 5) is 10.9. The third-order valence-corrected chi connectivity index (χ3v) is 4.54. The Labute approximate surface area is 117 Å². The predicted octanol–water partition coefficient (Wildman–Crippen LogP) is 2.04. The lowest BCUT2D eigenvalue weighted by atomic mass is 9.95. The summed E-state index contributed by atoms with van der Waals surface area (Å²) in [5.41, 5.74) is -0.348. The molecule has 0 aliphatic carbocycles. The number of halogens is 1. The van der Waals surface area contributed by atoms with Gasteiger partial charge in [-0.3, -0.25) is 4.79 Å². The third kappa shape index (κ3) is 3.92. The van der Waals surface area contributed by atoms with Crippen LogP contribution in [-0.4, -0.2) is 26.0 Å². The Kier molecular flexibility index (Phi) is 4.60. The van der Waals surface area contributed by atoms with Crippen LogP contribution in [0.4, 0.5) is 0 Å². The Morgan fingerprint density at radius 1 is 1.42 bits per heavy atom. The van der Waals surface area contributed by atoms with Gasteiger partial charge in [0.05, 0.1) is 10.4 Å². The van der Waals surface area contributed by atoms with Gasteiger partial charge in [-0.1, -0.05) is 17.7 Å². The monoisotopic (exact) mass is 305 g/mol. The van der Waals surface area contributed by atoms with Gasteiger partial charge in [-0.15, -0.1) is 0 Å². The second-order valence-corrected chi connectivity index (χ2v) is 7.09. The van der Waals surface area contributed by atoms with Gasteiger partial charge in [0.15, 0.2) is 0 Å². The molecule has 0 bridgehead atoms. The molecule has 0 aromatic heterocycles. The molecule has 1 aromatic carbocycles. The Morgan fingerprint density at radius 2 is 2.00 bits per heavy atom. The molecule has 0 heterocycles. The van der Waals surface area contributed by atoms with Crippen molar-refractivity contribution in [3.05, 3.63) is 28.8 Å². The van der Waals surface area contributed by atoms with Crippen LogP contribution in [-0.2, 0) is 14.8 Å². The molecule has 0 unspecified atom stereocenters. The van der Waals surface area contributed by atoms with Crippen molar-refractivity contribution in [3.8, 4) is 0 Å². The molecule has 0 aliphatic heterocycles. The highest BCUT2D eigenvalue weighted by atomic mass is 35.5. The molecule has 0 atom stereocenters. The normalized spacial score (nSPS) is 12.4. The van der Waals surface area contributed by atoms with Crippen molar-refractivity contribution in [2.24, 2.45) is 5.41 Å². The SMILES string of the molecule is Cc1ccc(S(=O)(=O)NCC(C)(C)C(=O)O)c(Cl)c1. The summed E-state index contributed by atoms with van der Waals surface area (Å²) in [6.45, 7) is 4.46. The van der Waals surface area contributed by atoms with Crippen molar-refractivity contribution in [1.29, 1.82) is 0 Å². The summed E-state index contributed by atoms with van der Waals surface area (Å²) < 4.78 is 26.4. The van der Waals surface area contributed by atoms with E-state index in [1.165, 1.54) is 19.9 Å². The number of aliphatic carboxylic acids is 1. The van der Waals surface area contributed by atoms with Gasteiger partial charge in [0.25, 0.3) is 0 Å². The van der Waals surface area contributed by atoms with Crippen LogP contribution < -0.4 is 4.72 Å². The third-order valence-electron chi connectivity index (χ3n) is 2.66. The van der Waals surface area contributed by atoms with Gasteiger partial charge in [-0.05, 0) is 38.5 Å². The summed E-state index contributed by atoms with van der Waals surface area (Å²) in [5.74, 6) is -1.08. The van der Waals surface area contributed by atoms with Crippen molar-refractivity contribution in [2.45, 2.75) is 25.7 Å². The summed E-state index contributed by atoms with van der Waals surface area (Å²) in [7, 11) is -3.82. The van der Waals surface area contributed by atoms with Crippen molar-refractivity contribution in [2.75, 3.05) is 6.54 Å². The van der Waals surface area contributed by atoms with Crippen LogP contribution >= 0.6 is 11.6 Å². The highest BCUT2D eigenvalue weighted by molar-refractivity contribution is 7.89. The van der Waals surface area contributed by atoms with E-state index in [2.05, 4.69) is 4.72 Å². The zero-order valence-corrected chi connectivity index (χ0v) is 12.5. The fourth-order valence-electron chi connectivity index (χ4n) is 1.25. The first kappa shape index (κ1) is 15.9. The number of carboxylic acids is 1. The first-order valence-electron chi connectivity index (χ1n) is 5.55. The van der Waals surface area contributed by atoms with Gasteiger partial charge in [0.2, 0.25) is 10.0 Å². The molecule has 5 nitrogen and oxygen atoms in total. The number of hydrogen-bond donors (Lipinski definition) is 2. The molecule has 0 fully saturated rings. The molecule has 106 valence electrons. The van der Waals surface area contributed by atoms with Crippen LogP contribution in [0.15, 0.2) is 23.1 Å². The van der Waals surface area contributed by atoms with Gasteiger partial charge in [-0.25, -0.2) is 13.1 Å². The molecule has 0 radical (unpaired) electrons. The first-order chi connectivity index (χ1) is 8.56. The van der Waals surface area contributed by atoms with Gasteiger partial charge >= 0.3 is 5.97 Å². The molecule has 0 aliphatic rings. The summed E-state index contributed by atoms with van der Waals surface area (Å²) >= 11 is 5.89. The topological polar surface area (TPSA) is 83.5 Å². The average Bonchev–Trinajstić information content (AvgIpc) is 2.26. The summed E-state index contributed by atoms with van der Waals surface area (Å²) in [6.07, 6.45) is 0. The van der Waals surface area contributed by atoms with E-state index in [-0.39, 0.29) is 16.5 Å². The molecule has 1 aromatic rings. The van der Waals surface area contributed by atoms with Gasteiger partial charge in [-0.2, -0.15) is 0 Å². The highest BCUT2D eigenvalue weighted by Crippen LogP contribution is 2.23. The lowest BCUT2D eigenvalue weighted by molar-refractivity contribution is -0.146. The maximum absolute atomic E-state index is 12.0. The number of benzene rings is 1. The van der Waals surface area contributed by atoms with E-state index in [0.29, 0.717) is 0 Å². The maximum atomic E-state index is 12.0. The largest absolute Gasteiger partial charge is 0.481 e. The second kappa shape index (κ2) is 5.48. The molecule has 2 N–H and O–H groups in total. The van der Waals surface area contributed by atoms with Crippen LogP contribution in [0.25, 0.3) is 0 Å². The first-order valence-corrected chi connectivity index (χ1v) is 7.41. The lowest BCUT2D eigenvalue weighted by Crippen LogP contribution is -2.38. The summed E-state index contributed by atoms with van der Waals surface area (Å²) in [6, 6.07) is 4.56. The lowest BCUT2D eigenvalue weighted by Gasteiger charge is -2.19. The average molecular weight is 306 g/mol. The molecule has 7 heteroatoms. The van der Waals surface area contributed by atoms with E-state index in [9.17, 15) is 13.2 Å². The fraction of sp³-hybridized carbons (Fsp3) is 0.417. The minimum Gasteiger partial charge on any atom is -0.481 e. The van der Waals surface area contributed by atoms with Gasteiger partial charge in [0, 0.05) is 6.54 Å². The highest BCUT2D eigenvalue weighted by Gasteiger charge is 2.29. The fourth-order valence-corrected chi connectivity index (χ4v) is 3.06. The zero-order chi connectivity index (χ0) is 14.8. The van der Waals surface area contributed by atoms with Gasteiger partial charge < -0.3 is 5.11 Å². The summed E-state index contributed by atoms with van der Waals surface area (Å²) in [5, 5.41) is 9.05. The van der Waals surface area contributed by atoms with E-state index < -0.39 is 21.4 Å². The number of nitrogens with one attached hydrogen (secondary N) is 1. The van der Waals surface area contributed by atoms with Gasteiger partial charge in [0.1, 0.15) is 4.90 Å². The standard InChI is InChI=1S/C12H16ClNO4S/c1-8-4-5-10(9(13)6-8)19(17,18)14-7-12(2,3)11(15)16/h4-6,14H,7H2,1-3H3,(H,15,16). The van der Waals surface area contributed by atoms with Crippen LogP contribution in [0, 0.1) is 12.3 Å². The van der Waals surface area contributed by atoms with Crippen LogP contribution in [0.1, 0.15) is 19.4 Å². The second-order valence-electron chi connectivity index (χ2n) is 4.95. The molecule has 1 rings (SSSR count). The molecular weight excluding hydrogens is 290 g/mol. The van der Waals surface area contributed by atoms with E-state index in [4.69, 9.17) is 16.7 Å². The van der Waals surface area contributed by atoms with Crippen LogP contribution in [0.5, 0.6) is 0 Å². The number of carboxylic acid groups (broad SMARTS) is 1. The Balaban J connectivity index is 2.97. The number of rotatable bonds is 5. The van der Waals surface area contributed by atoms with E-state index in [1.54, 1.807) is 19.1 Å². The molecule has 0 amide bonds. The van der Waals surface area contributed by atoms with Crippen molar-refractivity contribution < 1.29 is 18.3 Å².